The Bertz CT molecular complexity index is 517. The van der Waals surface area contributed by atoms with Crippen LogP contribution in [0.2, 0.25) is 5.02 Å². The number of nitrogens with zero attached hydrogens (tertiary/aromatic N) is 1. The Morgan fingerprint density at radius 3 is 2.61 bits per heavy atom. The summed E-state index contributed by atoms with van der Waals surface area (Å²) in [5.74, 6) is 1.55. The molecule has 2 aromatic rings. The van der Waals surface area contributed by atoms with E-state index < -0.39 is 0 Å². The minimum absolute atomic E-state index is 0.385. The van der Waals surface area contributed by atoms with E-state index in [1.165, 1.54) is 0 Å². The van der Waals surface area contributed by atoms with Crippen molar-refractivity contribution >= 4 is 11.6 Å². The molecule has 0 saturated carbocycles. The highest BCUT2D eigenvalue weighted by Crippen LogP contribution is 2.20. The van der Waals surface area contributed by atoms with Crippen LogP contribution in [-0.2, 0) is 6.61 Å². The van der Waals surface area contributed by atoms with Gasteiger partial charge in [0, 0.05) is 17.3 Å². The number of ether oxygens (including phenoxy) is 2. The Morgan fingerprint density at radius 1 is 1.11 bits per heavy atom. The maximum Gasteiger partial charge on any atom is 0.130 e. The third-order valence-electron chi connectivity index (χ3n) is 2.28. The Kier molecular flexibility index (Phi) is 4.42. The fourth-order valence-electron chi connectivity index (χ4n) is 1.51. The number of rotatable bonds is 5. The lowest BCUT2D eigenvalue weighted by atomic mass is 10.3. The van der Waals surface area contributed by atoms with Crippen molar-refractivity contribution in [3.8, 4) is 11.5 Å². The van der Waals surface area contributed by atoms with Crippen LogP contribution in [0.1, 0.15) is 12.6 Å². The van der Waals surface area contributed by atoms with Gasteiger partial charge in [-0.3, -0.25) is 4.98 Å². The number of hydrogen-bond acceptors (Lipinski definition) is 3. The zero-order valence-electron chi connectivity index (χ0n) is 10.1. The molecule has 18 heavy (non-hydrogen) atoms. The van der Waals surface area contributed by atoms with Crippen LogP contribution in [0, 0.1) is 0 Å². The number of benzene rings is 1. The minimum atomic E-state index is 0.385. The highest BCUT2D eigenvalue weighted by molar-refractivity contribution is 6.30. The van der Waals surface area contributed by atoms with Crippen LogP contribution in [0.4, 0.5) is 0 Å². The first-order valence-electron chi connectivity index (χ1n) is 5.74. The van der Waals surface area contributed by atoms with Gasteiger partial charge in [-0.25, -0.2) is 0 Å². The predicted octanol–water partition coefficient (Wildman–Crippen LogP) is 3.71. The van der Waals surface area contributed by atoms with Crippen LogP contribution in [-0.4, -0.2) is 11.6 Å². The van der Waals surface area contributed by atoms with Crippen LogP contribution >= 0.6 is 11.6 Å². The molecule has 0 aliphatic carbocycles. The molecular formula is C14H14ClNO2. The third kappa shape index (κ3) is 3.64. The summed E-state index contributed by atoms with van der Waals surface area (Å²) in [6.45, 7) is 2.97. The van der Waals surface area contributed by atoms with Crippen molar-refractivity contribution < 1.29 is 9.47 Å². The Hall–Kier alpha value is -1.74. The van der Waals surface area contributed by atoms with E-state index in [1.54, 1.807) is 18.3 Å². The van der Waals surface area contributed by atoms with Crippen molar-refractivity contribution in [2.75, 3.05) is 6.61 Å². The summed E-state index contributed by atoms with van der Waals surface area (Å²) in [6.07, 6.45) is 1.66. The lowest BCUT2D eigenvalue weighted by molar-refractivity contribution is 0.295. The van der Waals surface area contributed by atoms with Crippen molar-refractivity contribution in [3.05, 3.63) is 53.3 Å². The molecular weight excluding hydrogens is 250 g/mol. The summed E-state index contributed by atoms with van der Waals surface area (Å²) in [5, 5.41) is 0.659. The molecule has 94 valence electrons. The standard InChI is InChI=1S/C14H14ClNO2/c1-2-17-13-4-3-5-14(9-13)18-10-12-8-11(15)6-7-16-12/h3-9H,2,10H2,1H3. The van der Waals surface area contributed by atoms with Gasteiger partial charge >= 0.3 is 0 Å². The van der Waals surface area contributed by atoms with E-state index in [0.29, 0.717) is 18.2 Å². The van der Waals surface area contributed by atoms with Gasteiger partial charge in [0.1, 0.15) is 18.1 Å². The van der Waals surface area contributed by atoms with Crippen LogP contribution in [0.3, 0.4) is 0 Å². The van der Waals surface area contributed by atoms with Crippen LogP contribution < -0.4 is 9.47 Å². The number of halogens is 1. The molecule has 0 amide bonds. The topological polar surface area (TPSA) is 31.4 Å². The van der Waals surface area contributed by atoms with E-state index in [1.807, 2.05) is 31.2 Å². The van der Waals surface area contributed by atoms with Gasteiger partial charge in [-0.1, -0.05) is 17.7 Å². The van der Waals surface area contributed by atoms with Gasteiger partial charge in [0.15, 0.2) is 0 Å². The molecule has 1 heterocycles. The second-order valence-electron chi connectivity index (χ2n) is 3.66. The SMILES string of the molecule is CCOc1cccc(OCc2cc(Cl)ccn2)c1. The van der Waals surface area contributed by atoms with Gasteiger partial charge in [-0.2, -0.15) is 0 Å². The molecule has 0 aliphatic heterocycles. The molecule has 2 rings (SSSR count). The lowest BCUT2D eigenvalue weighted by Crippen LogP contribution is -1.98. The fraction of sp³-hybridized carbons (Fsp3) is 0.214. The van der Waals surface area contributed by atoms with Gasteiger partial charge < -0.3 is 9.47 Å². The maximum absolute atomic E-state index is 5.88. The maximum atomic E-state index is 5.88. The zero-order chi connectivity index (χ0) is 12.8. The lowest BCUT2D eigenvalue weighted by Gasteiger charge is -2.08. The van der Waals surface area contributed by atoms with Crippen LogP contribution in [0.15, 0.2) is 42.6 Å². The molecule has 0 N–H and O–H groups in total. The molecule has 1 aromatic heterocycles. The molecule has 0 fully saturated rings. The van der Waals surface area contributed by atoms with Crippen LogP contribution in [0.5, 0.6) is 11.5 Å². The third-order valence-corrected chi connectivity index (χ3v) is 2.52. The molecule has 3 nitrogen and oxygen atoms in total. The van der Waals surface area contributed by atoms with Crippen molar-refractivity contribution in [2.24, 2.45) is 0 Å². The van der Waals surface area contributed by atoms with Crippen molar-refractivity contribution in [1.82, 2.24) is 4.98 Å². The molecule has 0 aliphatic rings. The van der Waals surface area contributed by atoms with Gasteiger partial charge in [0.25, 0.3) is 0 Å². The second kappa shape index (κ2) is 6.26. The van der Waals surface area contributed by atoms with Crippen molar-refractivity contribution in [1.29, 1.82) is 0 Å². The molecule has 0 saturated heterocycles. The average molecular weight is 264 g/mol. The molecule has 0 bridgehead atoms. The predicted molar refractivity (Wildman–Crippen MR) is 71.2 cm³/mol. The first kappa shape index (κ1) is 12.7. The van der Waals surface area contributed by atoms with Gasteiger partial charge in [0.05, 0.1) is 12.3 Å². The number of aromatic nitrogens is 1. The summed E-state index contributed by atoms with van der Waals surface area (Å²) in [5.41, 5.74) is 0.796. The molecule has 4 heteroatoms. The molecule has 0 radical (unpaired) electrons. The van der Waals surface area contributed by atoms with E-state index in [2.05, 4.69) is 4.98 Å². The normalized spacial score (nSPS) is 10.1. The Balaban J connectivity index is 1.99. The molecule has 0 spiro atoms. The fourth-order valence-corrected chi connectivity index (χ4v) is 1.69. The number of pyridine rings is 1. The first-order valence-corrected chi connectivity index (χ1v) is 6.12. The van der Waals surface area contributed by atoms with Crippen LogP contribution in [0.25, 0.3) is 0 Å². The van der Waals surface area contributed by atoms with Gasteiger partial charge in [-0.05, 0) is 31.2 Å². The van der Waals surface area contributed by atoms with E-state index >= 15 is 0 Å². The number of hydrogen-bond donors (Lipinski definition) is 0. The summed E-state index contributed by atoms with van der Waals surface area (Å²) in [6, 6.07) is 11.1. The second-order valence-corrected chi connectivity index (χ2v) is 4.10. The highest BCUT2D eigenvalue weighted by atomic mass is 35.5. The smallest absolute Gasteiger partial charge is 0.130 e. The molecule has 1 aromatic carbocycles. The molecule has 0 unspecified atom stereocenters. The Labute approximate surface area is 111 Å². The highest BCUT2D eigenvalue weighted by Gasteiger charge is 2.00. The monoisotopic (exact) mass is 263 g/mol. The summed E-state index contributed by atoms with van der Waals surface area (Å²) >= 11 is 5.88. The van der Waals surface area contributed by atoms with E-state index in [9.17, 15) is 0 Å². The Morgan fingerprint density at radius 2 is 1.89 bits per heavy atom. The van der Waals surface area contributed by atoms with E-state index in [-0.39, 0.29) is 0 Å². The summed E-state index contributed by atoms with van der Waals surface area (Å²) in [4.78, 5) is 4.17. The quantitative estimate of drug-likeness (QED) is 0.824. The zero-order valence-corrected chi connectivity index (χ0v) is 10.9. The summed E-state index contributed by atoms with van der Waals surface area (Å²) < 4.78 is 11.0. The molecule has 0 atom stereocenters. The van der Waals surface area contributed by atoms with Gasteiger partial charge in [-0.15, -0.1) is 0 Å². The minimum Gasteiger partial charge on any atom is -0.494 e. The van der Waals surface area contributed by atoms with E-state index in [0.717, 1.165) is 17.2 Å². The van der Waals surface area contributed by atoms with Gasteiger partial charge in [0.2, 0.25) is 0 Å². The average Bonchev–Trinajstić information content (AvgIpc) is 2.37. The first-order chi connectivity index (χ1) is 8.78. The largest absolute Gasteiger partial charge is 0.494 e. The summed E-state index contributed by atoms with van der Waals surface area (Å²) in [7, 11) is 0. The van der Waals surface area contributed by atoms with Crippen molar-refractivity contribution in [3.63, 3.8) is 0 Å². The van der Waals surface area contributed by atoms with Crippen molar-refractivity contribution in [2.45, 2.75) is 13.5 Å². The van der Waals surface area contributed by atoms with E-state index in [4.69, 9.17) is 21.1 Å².